The van der Waals surface area contributed by atoms with Crippen molar-refractivity contribution in [2.45, 2.75) is 46.1 Å². The zero-order chi connectivity index (χ0) is 23.1. The highest BCUT2D eigenvalue weighted by molar-refractivity contribution is 5.95. The van der Waals surface area contributed by atoms with Gasteiger partial charge in [0.1, 0.15) is 5.65 Å². The van der Waals surface area contributed by atoms with Crippen LogP contribution in [-0.2, 0) is 20.7 Å². The number of ether oxygens (including phenoxy) is 1. The molecule has 2 aliphatic heterocycles. The van der Waals surface area contributed by atoms with Crippen molar-refractivity contribution in [3.05, 3.63) is 53.3 Å². The Kier molecular flexibility index (Phi) is 5.66. The Morgan fingerprint density at radius 3 is 2.76 bits per heavy atom. The van der Waals surface area contributed by atoms with E-state index in [1.807, 2.05) is 15.9 Å². The molecular formula is C26H30N4O3. The highest BCUT2D eigenvalue weighted by atomic mass is 16.5. The molecule has 0 bridgehead atoms. The van der Waals surface area contributed by atoms with Gasteiger partial charge in [-0.15, -0.1) is 0 Å². The molecule has 4 heterocycles. The van der Waals surface area contributed by atoms with Crippen LogP contribution >= 0.6 is 0 Å². The maximum absolute atomic E-state index is 12.2. The highest BCUT2D eigenvalue weighted by Gasteiger charge is 2.27. The highest BCUT2D eigenvalue weighted by Crippen LogP contribution is 2.33. The van der Waals surface area contributed by atoms with Crippen molar-refractivity contribution in [1.29, 1.82) is 0 Å². The zero-order valence-corrected chi connectivity index (χ0v) is 19.5. The van der Waals surface area contributed by atoms with Crippen molar-refractivity contribution in [3.63, 3.8) is 0 Å². The Balaban J connectivity index is 1.54. The lowest BCUT2D eigenvalue weighted by molar-refractivity contribution is -0.136. The number of nitrogens with zero attached hydrogens (tertiary/aromatic N) is 4. The molecule has 1 aromatic carbocycles. The first-order chi connectivity index (χ1) is 15.9. The molecule has 2 amide bonds. The van der Waals surface area contributed by atoms with Gasteiger partial charge < -0.3 is 18.9 Å². The maximum atomic E-state index is 12.2. The summed E-state index contributed by atoms with van der Waals surface area (Å²) in [6, 6.07) is 10.4. The van der Waals surface area contributed by atoms with Crippen LogP contribution in [0.15, 0.2) is 36.5 Å². The van der Waals surface area contributed by atoms with Gasteiger partial charge in [-0.2, -0.15) is 0 Å². The number of fused-ring (bicyclic) bond motifs is 1. The van der Waals surface area contributed by atoms with Gasteiger partial charge in [0, 0.05) is 56.8 Å². The maximum Gasteiger partial charge on any atom is 0.227 e. The predicted octanol–water partition coefficient (Wildman–Crippen LogP) is 3.53. The Labute approximate surface area is 194 Å². The molecule has 1 atom stereocenters. The minimum atomic E-state index is -0.0793. The Morgan fingerprint density at radius 1 is 1.18 bits per heavy atom. The second kappa shape index (κ2) is 8.63. The molecule has 0 aliphatic carbocycles. The fourth-order valence-corrected chi connectivity index (χ4v) is 4.96. The summed E-state index contributed by atoms with van der Waals surface area (Å²) in [7, 11) is 0. The second-order valence-corrected chi connectivity index (χ2v) is 9.15. The van der Waals surface area contributed by atoms with E-state index in [2.05, 4.69) is 48.7 Å². The number of imidazole rings is 1. The van der Waals surface area contributed by atoms with Gasteiger partial charge in [0.15, 0.2) is 0 Å². The van der Waals surface area contributed by atoms with Crippen molar-refractivity contribution in [2.75, 3.05) is 31.1 Å². The summed E-state index contributed by atoms with van der Waals surface area (Å²) in [5.74, 6) is 0.274. The summed E-state index contributed by atoms with van der Waals surface area (Å²) in [5, 5.41) is 0. The fraction of sp³-hybridized carbons (Fsp3) is 0.423. The lowest BCUT2D eigenvalue weighted by Gasteiger charge is -2.32. The summed E-state index contributed by atoms with van der Waals surface area (Å²) in [6.07, 6.45) is 4.18. The molecule has 5 rings (SSSR count). The summed E-state index contributed by atoms with van der Waals surface area (Å²) < 4.78 is 8.18. The van der Waals surface area contributed by atoms with Crippen molar-refractivity contribution in [3.8, 4) is 11.3 Å². The van der Waals surface area contributed by atoms with E-state index in [0.29, 0.717) is 32.5 Å². The first-order valence-corrected chi connectivity index (χ1v) is 11.7. The number of hydrogen-bond donors (Lipinski definition) is 0. The fourth-order valence-electron chi connectivity index (χ4n) is 4.96. The van der Waals surface area contributed by atoms with Crippen LogP contribution in [0.1, 0.15) is 36.6 Å². The van der Waals surface area contributed by atoms with Crippen LogP contribution in [0.4, 0.5) is 5.69 Å². The second-order valence-electron chi connectivity index (χ2n) is 9.15. The third-order valence-electron chi connectivity index (χ3n) is 6.74. The van der Waals surface area contributed by atoms with Crippen molar-refractivity contribution in [1.82, 2.24) is 14.3 Å². The molecule has 0 unspecified atom stereocenters. The number of carbonyl (C=O) groups excluding carboxylic acids is 2. The van der Waals surface area contributed by atoms with E-state index in [1.54, 1.807) is 6.92 Å². The lowest BCUT2D eigenvalue weighted by Crippen LogP contribution is -2.45. The lowest BCUT2D eigenvalue weighted by atomic mass is 10.0. The molecule has 2 aromatic heterocycles. The number of pyridine rings is 1. The van der Waals surface area contributed by atoms with Crippen LogP contribution in [0.25, 0.3) is 16.9 Å². The van der Waals surface area contributed by atoms with Crippen molar-refractivity contribution < 1.29 is 14.3 Å². The van der Waals surface area contributed by atoms with Crippen LogP contribution < -0.4 is 4.90 Å². The van der Waals surface area contributed by atoms with Crippen LogP contribution in [-0.4, -0.2) is 58.4 Å². The summed E-state index contributed by atoms with van der Waals surface area (Å²) >= 11 is 0. The van der Waals surface area contributed by atoms with Crippen LogP contribution in [0.5, 0.6) is 0 Å². The standard InChI is InChI=1S/C26H30N4O3/c1-17-8-10-30-23(15-21-16-28(19(3)31)11-12-33-21)26(27-24(30)13-17)22-7-6-20(14-18(22)2)29-9-4-5-25(29)32/h6-8,10,13-14,21H,4-5,9,11-12,15-16H2,1-3H3/t21-/m0/s1. The van der Waals surface area contributed by atoms with E-state index in [9.17, 15) is 9.59 Å². The van der Waals surface area contributed by atoms with Crippen molar-refractivity contribution in [2.24, 2.45) is 0 Å². The summed E-state index contributed by atoms with van der Waals surface area (Å²) in [6.45, 7) is 8.31. The van der Waals surface area contributed by atoms with E-state index in [1.165, 1.54) is 0 Å². The minimum Gasteiger partial charge on any atom is -0.374 e. The van der Waals surface area contributed by atoms with Crippen LogP contribution in [0.3, 0.4) is 0 Å². The van der Waals surface area contributed by atoms with Gasteiger partial charge in [-0.05, 0) is 55.7 Å². The Bertz CT molecular complexity index is 1230. The average Bonchev–Trinajstić information content (AvgIpc) is 3.37. The average molecular weight is 447 g/mol. The molecule has 0 radical (unpaired) electrons. The molecule has 172 valence electrons. The zero-order valence-electron chi connectivity index (χ0n) is 19.5. The van der Waals surface area contributed by atoms with Gasteiger partial charge in [0.05, 0.1) is 24.1 Å². The number of aromatic nitrogens is 2. The molecule has 2 aliphatic rings. The third-order valence-corrected chi connectivity index (χ3v) is 6.74. The number of carbonyl (C=O) groups is 2. The number of rotatable bonds is 4. The largest absolute Gasteiger partial charge is 0.374 e. The number of benzene rings is 1. The first-order valence-electron chi connectivity index (χ1n) is 11.7. The SMILES string of the molecule is CC(=O)N1CCO[C@@H](Cc2c(-c3ccc(N4CCCC4=O)cc3C)nc3cc(C)ccn23)C1. The molecule has 0 N–H and O–H groups in total. The molecule has 0 spiro atoms. The van der Waals surface area contributed by atoms with Gasteiger partial charge in [-0.25, -0.2) is 4.98 Å². The van der Waals surface area contributed by atoms with E-state index in [4.69, 9.17) is 9.72 Å². The van der Waals surface area contributed by atoms with Gasteiger partial charge in [0.2, 0.25) is 11.8 Å². The minimum absolute atomic E-state index is 0.0793. The van der Waals surface area contributed by atoms with Gasteiger partial charge in [-0.1, -0.05) is 6.07 Å². The van der Waals surface area contributed by atoms with Crippen LogP contribution in [0, 0.1) is 13.8 Å². The monoisotopic (exact) mass is 446 g/mol. The Hall–Kier alpha value is -3.19. The first kappa shape index (κ1) is 21.6. The van der Waals surface area contributed by atoms with E-state index in [-0.39, 0.29) is 17.9 Å². The van der Waals surface area contributed by atoms with Gasteiger partial charge in [-0.3, -0.25) is 9.59 Å². The quantitative estimate of drug-likeness (QED) is 0.615. The van der Waals surface area contributed by atoms with Gasteiger partial charge >= 0.3 is 0 Å². The number of anilines is 1. The predicted molar refractivity (Wildman–Crippen MR) is 127 cm³/mol. The molecule has 33 heavy (non-hydrogen) atoms. The molecule has 3 aromatic rings. The molecule has 2 saturated heterocycles. The number of morpholine rings is 1. The molecule has 7 nitrogen and oxygen atoms in total. The third kappa shape index (κ3) is 4.13. The number of hydrogen-bond acceptors (Lipinski definition) is 4. The summed E-state index contributed by atoms with van der Waals surface area (Å²) in [5.41, 5.74) is 7.16. The molecule has 7 heteroatoms. The van der Waals surface area contributed by atoms with Gasteiger partial charge in [0.25, 0.3) is 0 Å². The topological polar surface area (TPSA) is 67.2 Å². The summed E-state index contributed by atoms with van der Waals surface area (Å²) in [4.78, 5) is 32.9. The molecular weight excluding hydrogens is 416 g/mol. The smallest absolute Gasteiger partial charge is 0.227 e. The van der Waals surface area contributed by atoms with Crippen molar-refractivity contribution >= 4 is 23.1 Å². The molecule has 2 fully saturated rings. The van der Waals surface area contributed by atoms with E-state index >= 15 is 0 Å². The molecule has 0 saturated carbocycles. The Morgan fingerprint density at radius 2 is 2.03 bits per heavy atom. The number of amides is 2. The van der Waals surface area contributed by atoms with E-state index in [0.717, 1.165) is 52.4 Å². The van der Waals surface area contributed by atoms with E-state index < -0.39 is 0 Å². The normalized spacial score (nSPS) is 19.0. The number of aryl methyl sites for hydroxylation is 2. The van der Waals surface area contributed by atoms with Crippen LogP contribution in [0.2, 0.25) is 0 Å².